The third-order valence-electron chi connectivity index (χ3n) is 3.24. The molecule has 0 radical (unpaired) electrons. The van der Waals surface area contributed by atoms with Crippen LogP contribution in [0.3, 0.4) is 0 Å². The van der Waals surface area contributed by atoms with E-state index in [9.17, 15) is 12.8 Å². The molecule has 1 fully saturated rings. The Kier molecular flexibility index (Phi) is 4.19. The average molecular weight is 289 g/mol. The Morgan fingerprint density at radius 1 is 1.16 bits per heavy atom. The van der Waals surface area contributed by atoms with Crippen molar-refractivity contribution in [1.29, 1.82) is 0 Å². The van der Waals surface area contributed by atoms with Gasteiger partial charge in [0.05, 0.1) is 12.2 Å². The molecule has 2 rings (SSSR count). The van der Waals surface area contributed by atoms with E-state index in [1.807, 2.05) is 0 Å². The Labute approximate surface area is 112 Å². The summed E-state index contributed by atoms with van der Waals surface area (Å²) in [5, 5.41) is 0. The fourth-order valence-corrected chi connectivity index (χ4v) is 3.68. The lowest BCUT2D eigenvalue weighted by Crippen LogP contribution is -2.30. The van der Waals surface area contributed by atoms with Gasteiger partial charge < -0.3 is 9.47 Å². The molecular weight excluding hydrogens is 273 g/mol. The molecule has 0 N–H and O–H groups in total. The molecule has 0 aromatic heterocycles. The fourth-order valence-electron chi connectivity index (χ4n) is 2.15. The first-order valence-corrected chi connectivity index (χ1v) is 7.25. The van der Waals surface area contributed by atoms with Crippen molar-refractivity contribution in [2.24, 2.45) is 0 Å². The zero-order valence-corrected chi connectivity index (χ0v) is 11.6. The van der Waals surface area contributed by atoms with Gasteiger partial charge >= 0.3 is 0 Å². The molecule has 0 unspecified atom stereocenters. The Hall–Kier alpha value is -1.02. The third-order valence-corrected chi connectivity index (χ3v) is 5.11. The molecule has 1 aliphatic heterocycles. The van der Waals surface area contributed by atoms with Gasteiger partial charge in [-0.05, 0) is 12.1 Å². The molecule has 1 aliphatic rings. The lowest BCUT2D eigenvalue weighted by atomic mass is 10.3. The largest absolute Gasteiger partial charge is 0.377 e. The van der Waals surface area contributed by atoms with E-state index in [1.54, 1.807) is 0 Å². The smallest absolute Gasteiger partial charge is 0.246 e. The highest BCUT2D eigenvalue weighted by molar-refractivity contribution is 7.89. The van der Waals surface area contributed by atoms with Crippen molar-refractivity contribution in [2.75, 3.05) is 27.3 Å². The van der Waals surface area contributed by atoms with Crippen LogP contribution in [0.15, 0.2) is 29.2 Å². The molecule has 1 saturated heterocycles. The second-order valence-electron chi connectivity index (χ2n) is 4.30. The zero-order chi connectivity index (χ0) is 14.0. The second-order valence-corrected chi connectivity index (χ2v) is 6.21. The third kappa shape index (κ3) is 2.64. The van der Waals surface area contributed by atoms with E-state index in [1.165, 1.54) is 36.7 Å². The molecular formula is C12H16FNO4S. The predicted octanol–water partition coefficient (Wildman–Crippen LogP) is 0.860. The maximum atomic E-state index is 13.6. The van der Waals surface area contributed by atoms with Gasteiger partial charge in [0, 0.05) is 27.3 Å². The normalized spacial score (nSPS) is 24.8. The standard InChI is InChI=1S/C12H16FNO4S/c1-17-10-7-14(8-11(10)18-2)19(15,16)12-6-4-3-5-9(12)13/h3-6,10-11H,7-8H2,1-2H3/t10-,11-/m1/s1. The molecule has 106 valence electrons. The van der Waals surface area contributed by atoms with Gasteiger partial charge in [0.15, 0.2) is 0 Å². The number of sulfonamides is 1. The van der Waals surface area contributed by atoms with Crippen molar-refractivity contribution in [3.05, 3.63) is 30.1 Å². The molecule has 2 atom stereocenters. The molecule has 1 aromatic carbocycles. The van der Waals surface area contributed by atoms with Gasteiger partial charge in [0.1, 0.15) is 10.7 Å². The van der Waals surface area contributed by atoms with Crippen molar-refractivity contribution in [3.63, 3.8) is 0 Å². The molecule has 0 bridgehead atoms. The number of hydrogen-bond donors (Lipinski definition) is 0. The number of ether oxygens (including phenoxy) is 2. The van der Waals surface area contributed by atoms with E-state index in [4.69, 9.17) is 9.47 Å². The van der Waals surface area contributed by atoms with E-state index < -0.39 is 15.8 Å². The van der Waals surface area contributed by atoms with E-state index in [-0.39, 0.29) is 30.2 Å². The molecule has 1 heterocycles. The van der Waals surface area contributed by atoms with E-state index in [2.05, 4.69) is 0 Å². The van der Waals surface area contributed by atoms with Crippen LogP contribution in [0.1, 0.15) is 0 Å². The summed E-state index contributed by atoms with van der Waals surface area (Å²) in [6, 6.07) is 5.33. The molecule has 0 aliphatic carbocycles. The summed E-state index contributed by atoms with van der Waals surface area (Å²) in [4.78, 5) is -0.318. The van der Waals surface area contributed by atoms with Gasteiger partial charge in [-0.1, -0.05) is 12.1 Å². The molecule has 7 heteroatoms. The summed E-state index contributed by atoms with van der Waals surface area (Å²) < 4.78 is 49.9. The maximum absolute atomic E-state index is 13.6. The Morgan fingerprint density at radius 3 is 2.16 bits per heavy atom. The van der Waals surface area contributed by atoms with Crippen molar-refractivity contribution in [2.45, 2.75) is 17.1 Å². The minimum atomic E-state index is -3.86. The minimum Gasteiger partial charge on any atom is -0.377 e. The molecule has 0 spiro atoms. The number of benzene rings is 1. The molecule has 1 aromatic rings. The monoisotopic (exact) mass is 289 g/mol. The number of rotatable bonds is 4. The lowest BCUT2D eigenvalue weighted by molar-refractivity contribution is -0.00461. The SMILES string of the molecule is CO[C@@H]1CN(S(=O)(=O)c2ccccc2F)C[C@H]1OC. The molecule has 5 nitrogen and oxygen atoms in total. The second kappa shape index (κ2) is 5.54. The summed E-state index contributed by atoms with van der Waals surface area (Å²) in [6.07, 6.45) is -0.682. The Balaban J connectivity index is 2.30. The number of nitrogens with zero attached hydrogens (tertiary/aromatic N) is 1. The molecule has 19 heavy (non-hydrogen) atoms. The van der Waals surface area contributed by atoms with Gasteiger partial charge in [-0.25, -0.2) is 12.8 Å². The fraction of sp³-hybridized carbons (Fsp3) is 0.500. The van der Waals surface area contributed by atoms with Crippen LogP contribution in [0.2, 0.25) is 0 Å². The molecule has 0 saturated carbocycles. The van der Waals surface area contributed by atoms with Crippen LogP contribution in [0.4, 0.5) is 4.39 Å². The number of halogens is 1. The van der Waals surface area contributed by atoms with Gasteiger partial charge in [0.2, 0.25) is 10.0 Å². The summed E-state index contributed by atoms with van der Waals surface area (Å²) in [7, 11) is -0.865. The van der Waals surface area contributed by atoms with Gasteiger partial charge in [-0.2, -0.15) is 4.31 Å². The van der Waals surface area contributed by atoms with Crippen LogP contribution in [-0.2, 0) is 19.5 Å². The zero-order valence-electron chi connectivity index (χ0n) is 10.7. The summed E-state index contributed by atoms with van der Waals surface area (Å²) in [6.45, 7) is 0.317. The predicted molar refractivity (Wildman–Crippen MR) is 66.8 cm³/mol. The van der Waals surface area contributed by atoms with Crippen molar-refractivity contribution in [3.8, 4) is 0 Å². The Morgan fingerprint density at radius 2 is 1.68 bits per heavy atom. The van der Waals surface area contributed by atoms with Crippen LogP contribution in [0, 0.1) is 5.82 Å². The first kappa shape index (κ1) is 14.4. The van der Waals surface area contributed by atoms with Crippen LogP contribution in [0.5, 0.6) is 0 Å². The van der Waals surface area contributed by atoms with Crippen molar-refractivity contribution >= 4 is 10.0 Å². The summed E-state index contributed by atoms with van der Waals surface area (Å²) in [5.41, 5.74) is 0. The van der Waals surface area contributed by atoms with Crippen LogP contribution in [-0.4, -0.2) is 52.2 Å². The van der Waals surface area contributed by atoms with E-state index in [0.29, 0.717) is 0 Å². The minimum absolute atomic E-state index is 0.158. The summed E-state index contributed by atoms with van der Waals surface area (Å²) in [5.74, 6) is -0.752. The van der Waals surface area contributed by atoms with Gasteiger partial charge in [0.25, 0.3) is 0 Å². The lowest BCUT2D eigenvalue weighted by Gasteiger charge is -2.16. The topological polar surface area (TPSA) is 55.8 Å². The Bertz CT molecular complexity index is 536. The highest BCUT2D eigenvalue weighted by atomic mass is 32.2. The first-order valence-electron chi connectivity index (χ1n) is 5.81. The van der Waals surface area contributed by atoms with Crippen molar-refractivity contribution < 1.29 is 22.3 Å². The van der Waals surface area contributed by atoms with E-state index in [0.717, 1.165) is 6.07 Å². The van der Waals surface area contributed by atoms with Crippen LogP contribution in [0.25, 0.3) is 0 Å². The van der Waals surface area contributed by atoms with Gasteiger partial charge in [-0.15, -0.1) is 0 Å². The first-order chi connectivity index (χ1) is 9.00. The van der Waals surface area contributed by atoms with Gasteiger partial charge in [-0.3, -0.25) is 0 Å². The number of methoxy groups -OCH3 is 2. The highest BCUT2D eigenvalue weighted by Crippen LogP contribution is 2.25. The van der Waals surface area contributed by atoms with Crippen LogP contribution < -0.4 is 0 Å². The van der Waals surface area contributed by atoms with Crippen LogP contribution >= 0.6 is 0 Å². The average Bonchev–Trinajstić information content (AvgIpc) is 2.83. The summed E-state index contributed by atoms with van der Waals surface area (Å²) >= 11 is 0. The number of hydrogen-bond acceptors (Lipinski definition) is 4. The quantitative estimate of drug-likeness (QED) is 0.825. The maximum Gasteiger partial charge on any atom is 0.246 e. The highest BCUT2D eigenvalue weighted by Gasteiger charge is 2.40. The van der Waals surface area contributed by atoms with Crippen molar-refractivity contribution in [1.82, 2.24) is 4.31 Å². The molecule has 0 amide bonds. The van der Waals surface area contributed by atoms with E-state index >= 15 is 0 Å².